The molecular weight excluding hydrogens is 452 g/mol. The van der Waals surface area contributed by atoms with Gasteiger partial charge in [0.25, 0.3) is 5.91 Å². The number of benzene rings is 3. The average Bonchev–Trinajstić information content (AvgIpc) is 2.78. The van der Waals surface area contributed by atoms with E-state index < -0.39 is 22.0 Å². The first kappa shape index (κ1) is 23.6. The molecule has 3 aromatic rings. The van der Waals surface area contributed by atoms with Gasteiger partial charge in [-0.2, -0.15) is 0 Å². The number of anilines is 1. The molecule has 0 aliphatic rings. The molecule has 1 amide bonds. The fraction of sp³-hybridized carbons (Fsp3) is 0.174. The van der Waals surface area contributed by atoms with E-state index in [0.29, 0.717) is 11.4 Å². The first-order valence-corrected chi connectivity index (χ1v) is 11.6. The van der Waals surface area contributed by atoms with Gasteiger partial charge in [-0.1, -0.05) is 48.0 Å². The number of sulfonamides is 1. The summed E-state index contributed by atoms with van der Waals surface area (Å²) in [6, 6.07) is 19.8. The lowest BCUT2D eigenvalue weighted by molar-refractivity contribution is -0.118. The van der Waals surface area contributed by atoms with Crippen molar-refractivity contribution >= 4 is 33.2 Å². The van der Waals surface area contributed by atoms with E-state index in [1.807, 2.05) is 30.3 Å². The van der Waals surface area contributed by atoms with Gasteiger partial charge in [0.1, 0.15) is 11.5 Å². The minimum absolute atomic E-state index is 0.00142. The second-order valence-corrected chi connectivity index (χ2v) is 9.04. The van der Waals surface area contributed by atoms with E-state index in [1.54, 1.807) is 31.2 Å². The molecule has 0 aliphatic carbocycles. The molecule has 0 radical (unpaired) electrons. The highest BCUT2D eigenvalue weighted by Gasteiger charge is 2.20. The van der Waals surface area contributed by atoms with Crippen LogP contribution in [-0.2, 0) is 14.8 Å². The Kier molecular flexibility index (Phi) is 7.74. The van der Waals surface area contributed by atoms with E-state index in [1.165, 1.54) is 25.3 Å². The van der Waals surface area contributed by atoms with Crippen LogP contribution in [0.3, 0.4) is 0 Å². The summed E-state index contributed by atoms with van der Waals surface area (Å²) in [5.41, 5.74) is 1.40. The van der Waals surface area contributed by atoms with Crippen LogP contribution >= 0.6 is 11.6 Å². The number of carbonyl (C=O) groups is 1. The molecule has 1 atom stereocenters. The van der Waals surface area contributed by atoms with Crippen LogP contribution in [0.2, 0.25) is 5.02 Å². The molecule has 0 saturated heterocycles. The fourth-order valence-electron chi connectivity index (χ4n) is 2.92. The van der Waals surface area contributed by atoms with Gasteiger partial charge in [-0.25, -0.2) is 13.1 Å². The van der Waals surface area contributed by atoms with Gasteiger partial charge in [-0.15, -0.1) is 0 Å². The summed E-state index contributed by atoms with van der Waals surface area (Å²) >= 11 is 6.21. The zero-order chi connectivity index (χ0) is 23.1. The maximum Gasteiger partial charge on any atom is 0.262 e. The van der Waals surface area contributed by atoms with Crippen LogP contribution < -0.4 is 19.5 Å². The first-order valence-electron chi connectivity index (χ1n) is 9.72. The summed E-state index contributed by atoms with van der Waals surface area (Å²) in [7, 11) is -2.27. The SMILES string of the molecule is COc1cccc(NC(=O)COc2ccc(S(=O)(=O)N[C@@H](C)c3ccccc3)cc2Cl)c1. The van der Waals surface area contributed by atoms with Crippen molar-refractivity contribution in [3.63, 3.8) is 0 Å². The summed E-state index contributed by atoms with van der Waals surface area (Å²) in [5, 5.41) is 2.76. The summed E-state index contributed by atoms with van der Waals surface area (Å²) in [5.74, 6) is 0.408. The number of ether oxygens (including phenoxy) is 2. The standard InChI is InChI=1S/C23H23ClN2O5S/c1-16(17-7-4-3-5-8-17)26-32(28,29)20-11-12-22(21(24)14-20)31-15-23(27)25-18-9-6-10-19(13-18)30-2/h3-14,16,26H,15H2,1-2H3,(H,25,27)/t16-/m0/s1. The van der Waals surface area contributed by atoms with Crippen molar-refractivity contribution in [3.05, 3.63) is 83.4 Å². The van der Waals surface area contributed by atoms with Crippen LogP contribution in [0.1, 0.15) is 18.5 Å². The van der Waals surface area contributed by atoms with Crippen molar-refractivity contribution in [2.45, 2.75) is 17.9 Å². The summed E-state index contributed by atoms with van der Waals surface area (Å²) in [6.45, 7) is 1.46. The van der Waals surface area contributed by atoms with Crippen molar-refractivity contribution in [1.82, 2.24) is 4.72 Å². The number of amides is 1. The lowest BCUT2D eigenvalue weighted by atomic mass is 10.1. The Morgan fingerprint density at radius 2 is 1.78 bits per heavy atom. The van der Waals surface area contributed by atoms with Crippen molar-refractivity contribution < 1.29 is 22.7 Å². The number of methoxy groups -OCH3 is 1. The molecule has 0 bridgehead atoms. The maximum atomic E-state index is 12.7. The van der Waals surface area contributed by atoms with E-state index in [2.05, 4.69) is 10.0 Å². The predicted molar refractivity (Wildman–Crippen MR) is 124 cm³/mol. The molecule has 7 nitrogen and oxygen atoms in total. The third kappa shape index (κ3) is 6.23. The molecule has 2 N–H and O–H groups in total. The van der Waals surface area contributed by atoms with Gasteiger partial charge >= 0.3 is 0 Å². The highest BCUT2D eigenvalue weighted by atomic mass is 35.5. The Balaban J connectivity index is 1.62. The molecule has 0 heterocycles. The normalized spacial score (nSPS) is 12.1. The van der Waals surface area contributed by atoms with Gasteiger partial charge < -0.3 is 14.8 Å². The van der Waals surface area contributed by atoms with E-state index >= 15 is 0 Å². The number of halogens is 1. The third-order valence-electron chi connectivity index (χ3n) is 4.56. The van der Waals surface area contributed by atoms with Crippen molar-refractivity contribution in [2.24, 2.45) is 0 Å². The minimum Gasteiger partial charge on any atom is -0.497 e. The predicted octanol–water partition coefficient (Wildman–Crippen LogP) is 4.41. The number of hydrogen-bond acceptors (Lipinski definition) is 5. The monoisotopic (exact) mass is 474 g/mol. The van der Waals surface area contributed by atoms with E-state index in [-0.39, 0.29) is 22.3 Å². The van der Waals surface area contributed by atoms with Crippen LogP contribution in [0.15, 0.2) is 77.7 Å². The molecule has 0 spiro atoms. The van der Waals surface area contributed by atoms with Gasteiger partial charge in [0, 0.05) is 17.8 Å². The first-order chi connectivity index (χ1) is 15.3. The highest BCUT2D eigenvalue weighted by molar-refractivity contribution is 7.89. The summed E-state index contributed by atoms with van der Waals surface area (Å²) in [4.78, 5) is 12.2. The second kappa shape index (κ2) is 10.5. The topological polar surface area (TPSA) is 93.7 Å². The largest absolute Gasteiger partial charge is 0.497 e. The maximum absolute atomic E-state index is 12.7. The number of hydrogen-bond donors (Lipinski definition) is 2. The van der Waals surface area contributed by atoms with E-state index in [9.17, 15) is 13.2 Å². The van der Waals surface area contributed by atoms with Gasteiger partial charge in [0.15, 0.2) is 6.61 Å². The van der Waals surface area contributed by atoms with Crippen molar-refractivity contribution in [2.75, 3.05) is 19.0 Å². The fourth-order valence-corrected chi connectivity index (χ4v) is 4.48. The number of carbonyl (C=O) groups excluding carboxylic acids is 1. The smallest absolute Gasteiger partial charge is 0.262 e. The van der Waals surface area contributed by atoms with Crippen molar-refractivity contribution in [1.29, 1.82) is 0 Å². The van der Waals surface area contributed by atoms with Gasteiger partial charge in [0.2, 0.25) is 10.0 Å². The Labute approximate surface area is 192 Å². The zero-order valence-corrected chi connectivity index (χ0v) is 19.1. The molecule has 0 fully saturated rings. The Bertz CT molecular complexity index is 1190. The molecule has 3 aromatic carbocycles. The molecule has 3 rings (SSSR count). The molecule has 168 valence electrons. The minimum atomic E-state index is -3.81. The third-order valence-corrected chi connectivity index (χ3v) is 6.39. The average molecular weight is 475 g/mol. The second-order valence-electron chi connectivity index (χ2n) is 6.91. The van der Waals surface area contributed by atoms with E-state index in [4.69, 9.17) is 21.1 Å². The molecule has 32 heavy (non-hydrogen) atoms. The lowest BCUT2D eigenvalue weighted by Gasteiger charge is -2.15. The Morgan fingerprint density at radius 1 is 1.03 bits per heavy atom. The van der Waals surface area contributed by atoms with Crippen LogP contribution in [0.4, 0.5) is 5.69 Å². The molecule has 0 saturated carbocycles. The van der Waals surface area contributed by atoms with Gasteiger partial charge in [-0.3, -0.25) is 4.79 Å². The molecule has 0 aromatic heterocycles. The van der Waals surface area contributed by atoms with Crippen LogP contribution in [-0.4, -0.2) is 28.0 Å². The van der Waals surface area contributed by atoms with Crippen LogP contribution in [0.25, 0.3) is 0 Å². The summed E-state index contributed by atoms with van der Waals surface area (Å²) < 4.78 is 38.6. The van der Waals surface area contributed by atoms with Crippen molar-refractivity contribution in [3.8, 4) is 11.5 Å². The molecule has 0 unspecified atom stereocenters. The van der Waals surface area contributed by atoms with Gasteiger partial charge in [-0.05, 0) is 42.8 Å². The molecular formula is C23H23ClN2O5S. The van der Waals surface area contributed by atoms with E-state index in [0.717, 1.165) is 5.56 Å². The zero-order valence-electron chi connectivity index (χ0n) is 17.5. The number of nitrogens with one attached hydrogen (secondary N) is 2. The lowest BCUT2D eigenvalue weighted by Crippen LogP contribution is -2.27. The Morgan fingerprint density at radius 3 is 2.47 bits per heavy atom. The van der Waals surface area contributed by atoms with Crippen LogP contribution in [0.5, 0.6) is 11.5 Å². The molecule has 9 heteroatoms. The molecule has 0 aliphatic heterocycles. The van der Waals surface area contributed by atoms with Crippen LogP contribution in [0, 0.1) is 0 Å². The Hall–Kier alpha value is -3.07. The quantitative estimate of drug-likeness (QED) is 0.479. The summed E-state index contributed by atoms with van der Waals surface area (Å²) in [6.07, 6.45) is 0. The highest BCUT2D eigenvalue weighted by Crippen LogP contribution is 2.28. The number of rotatable bonds is 9. The van der Waals surface area contributed by atoms with Gasteiger partial charge in [0.05, 0.1) is 17.0 Å².